The summed E-state index contributed by atoms with van der Waals surface area (Å²) in [6.07, 6.45) is 0.724. The van der Waals surface area contributed by atoms with E-state index < -0.39 is 17.5 Å². The number of rotatable bonds is 5. The molecule has 0 aliphatic carbocycles. The molecule has 4 nitrogen and oxygen atoms in total. The maximum Gasteiger partial charge on any atom is 0.378 e. The molecule has 0 aliphatic heterocycles. The van der Waals surface area contributed by atoms with E-state index in [2.05, 4.69) is 4.74 Å². The molecule has 2 aromatic carbocycles. The van der Waals surface area contributed by atoms with Crippen LogP contribution in [0.15, 0.2) is 48.5 Å². The third kappa shape index (κ3) is 4.37. The van der Waals surface area contributed by atoms with Crippen LogP contribution in [0.25, 0.3) is 16.9 Å². The van der Waals surface area contributed by atoms with Crippen molar-refractivity contribution in [2.75, 3.05) is 6.61 Å². The molecule has 0 fully saturated rings. The van der Waals surface area contributed by atoms with Crippen molar-refractivity contribution in [3.8, 4) is 11.1 Å². The highest BCUT2D eigenvalue weighted by Crippen LogP contribution is 2.30. The van der Waals surface area contributed by atoms with Crippen molar-refractivity contribution < 1.29 is 19.4 Å². The van der Waals surface area contributed by atoms with E-state index in [4.69, 9.17) is 23.2 Å². The van der Waals surface area contributed by atoms with Gasteiger partial charge in [0, 0.05) is 15.6 Å². The van der Waals surface area contributed by atoms with Crippen LogP contribution in [0.2, 0.25) is 10.0 Å². The van der Waals surface area contributed by atoms with Crippen LogP contribution in [-0.4, -0.2) is 18.4 Å². The van der Waals surface area contributed by atoms with Gasteiger partial charge in [-0.05, 0) is 36.3 Å². The molecule has 0 spiro atoms. The van der Waals surface area contributed by atoms with Gasteiger partial charge < -0.3 is 9.84 Å². The average molecular weight is 364 g/mol. The van der Waals surface area contributed by atoms with Crippen molar-refractivity contribution in [1.82, 2.24) is 0 Å². The normalized spacial score (nSPS) is 11.2. The summed E-state index contributed by atoms with van der Waals surface area (Å²) < 4.78 is 4.54. The zero-order chi connectivity index (χ0) is 17.7. The van der Waals surface area contributed by atoms with Gasteiger partial charge in [-0.3, -0.25) is 4.79 Å². The summed E-state index contributed by atoms with van der Waals surface area (Å²) in [7, 11) is 0. The molecular formula is C18H13Cl2O4-. The molecule has 0 N–H and O–H groups in total. The quantitative estimate of drug-likeness (QED) is 0.353. The molecule has 2 rings (SSSR count). The molecule has 6 heteroatoms. The van der Waals surface area contributed by atoms with Gasteiger partial charge in [0.05, 0.1) is 6.61 Å². The average Bonchev–Trinajstić information content (AvgIpc) is 2.55. The molecule has 0 atom stereocenters. The van der Waals surface area contributed by atoms with Crippen LogP contribution in [0.3, 0.4) is 0 Å². The summed E-state index contributed by atoms with van der Waals surface area (Å²) in [5, 5.41) is 13.0. The molecule has 0 saturated carbocycles. The Balaban J connectivity index is 2.22. The first-order valence-corrected chi connectivity index (χ1v) is 7.83. The first-order valence-electron chi connectivity index (χ1n) is 7.08. The predicted molar refractivity (Wildman–Crippen MR) is 91.5 cm³/mol. The van der Waals surface area contributed by atoms with Gasteiger partial charge in [0.25, 0.3) is 5.78 Å². The summed E-state index contributed by atoms with van der Waals surface area (Å²) >= 11 is 12.0. The number of halogens is 2. The molecule has 0 aliphatic rings. The predicted octanol–water partition coefficient (Wildman–Crippen LogP) is 3.49. The molecule has 0 amide bonds. The Hall–Kier alpha value is -2.30. The molecule has 124 valence electrons. The lowest BCUT2D eigenvalue weighted by molar-refractivity contribution is -0.243. The van der Waals surface area contributed by atoms with Crippen LogP contribution in [-0.2, 0) is 14.3 Å². The van der Waals surface area contributed by atoms with Gasteiger partial charge >= 0.3 is 5.97 Å². The van der Waals surface area contributed by atoms with E-state index in [9.17, 15) is 14.7 Å². The number of esters is 1. The molecule has 0 radical (unpaired) electrons. The van der Waals surface area contributed by atoms with Gasteiger partial charge in [-0.15, -0.1) is 0 Å². The summed E-state index contributed by atoms with van der Waals surface area (Å²) in [5.74, 6) is -2.59. The third-order valence-corrected chi connectivity index (χ3v) is 3.70. The van der Waals surface area contributed by atoms with Crippen molar-refractivity contribution in [3.05, 3.63) is 64.1 Å². The molecule has 0 saturated heterocycles. The fourth-order valence-corrected chi connectivity index (χ4v) is 2.52. The first-order chi connectivity index (χ1) is 11.4. The smallest absolute Gasteiger partial charge is 0.378 e. The number of benzene rings is 2. The Kier molecular flexibility index (Phi) is 6.01. The Morgan fingerprint density at radius 2 is 1.79 bits per heavy atom. The Morgan fingerprint density at radius 1 is 1.12 bits per heavy atom. The van der Waals surface area contributed by atoms with E-state index in [0.29, 0.717) is 10.0 Å². The minimum atomic E-state index is -1.05. The van der Waals surface area contributed by atoms with Gasteiger partial charge in [0.15, 0.2) is 0 Å². The minimum absolute atomic E-state index is 0.0726. The van der Waals surface area contributed by atoms with E-state index >= 15 is 0 Å². The lowest BCUT2D eigenvalue weighted by Gasteiger charge is -2.13. The van der Waals surface area contributed by atoms with E-state index in [1.807, 2.05) is 0 Å². The molecule has 0 heterocycles. The van der Waals surface area contributed by atoms with E-state index in [0.717, 1.165) is 17.2 Å². The fraction of sp³-hybridized carbons (Fsp3) is 0.111. The second kappa shape index (κ2) is 7.99. The van der Waals surface area contributed by atoms with Crippen molar-refractivity contribution in [3.63, 3.8) is 0 Å². The van der Waals surface area contributed by atoms with Crippen LogP contribution in [0.4, 0.5) is 0 Å². The fourth-order valence-electron chi connectivity index (χ4n) is 2.00. The standard InChI is InChI=1S/C18H14Cl2O4/c1-2-24-18(23)17(22)10-16(21)12-5-3-11(4-6-12)14-8-7-13(19)9-15(14)20/h3-10,21H,2H2,1H3/p-1/b16-10-. The Morgan fingerprint density at radius 3 is 2.38 bits per heavy atom. The lowest BCUT2D eigenvalue weighted by Crippen LogP contribution is -2.17. The number of hydrogen-bond donors (Lipinski definition) is 0. The zero-order valence-electron chi connectivity index (χ0n) is 12.7. The van der Waals surface area contributed by atoms with Gasteiger partial charge in [-0.25, -0.2) is 4.79 Å². The summed E-state index contributed by atoms with van der Waals surface area (Å²) in [6.45, 7) is 1.65. The Labute approximate surface area is 149 Å². The molecule has 0 unspecified atom stereocenters. The molecule has 0 bridgehead atoms. The molecular weight excluding hydrogens is 351 g/mol. The SMILES string of the molecule is CCOC(=O)C(=O)/C=C(\[O-])c1ccc(-c2ccc(Cl)cc2Cl)cc1. The second-order valence-corrected chi connectivity index (χ2v) is 5.64. The second-order valence-electron chi connectivity index (χ2n) is 4.79. The minimum Gasteiger partial charge on any atom is -0.872 e. The Bertz CT molecular complexity index is 795. The number of carbonyl (C=O) groups excluding carboxylic acids is 2. The van der Waals surface area contributed by atoms with Crippen LogP contribution in [0.1, 0.15) is 12.5 Å². The van der Waals surface area contributed by atoms with Crippen LogP contribution in [0.5, 0.6) is 0 Å². The number of hydrogen-bond acceptors (Lipinski definition) is 4. The highest BCUT2D eigenvalue weighted by Gasteiger charge is 2.11. The number of ether oxygens (including phenoxy) is 1. The molecule has 2 aromatic rings. The van der Waals surface area contributed by atoms with Crippen molar-refractivity contribution in [2.45, 2.75) is 6.92 Å². The lowest BCUT2D eigenvalue weighted by atomic mass is 10.0. The van der Waals surface area contributed by atoms with E-state index in [-0.39, 0.29) is 12.2 Å². The van der Waals surface area contributed by atoms with Gasteiger partial charge in [0.2, 0.25) is 0 Å². The summed E-state index contributed by atoms with van der Waals surface area (Å²) in [6, 6.07) is 11.6. The van der Waals surface area contributed by atoms with Crippen molar-refractivity contribution in [2.24, 2.45) is 0 Å². The van der Waals surface area contributed by atoms with Crippen molar-refractivity contribution in [1.29, 1.82) is 0 Å². The largest absolute Gasteiger partial charge is 0.872 e. The van der Waals surface area contributed by atoms with Gasteiger partial charge in [0.1, 0.15) is 0 Å². The number of ketones is 1. The van der Waals surface area contributed by atoms with Crippen LogP contribution >= 0.6 is 23.2 Å². The number of carbonyl (C=O) groups is 2. The maximum absolute atomic E-state index is 12.0. The highest BCUT2D eigenvalue weighted by molar-refractivity contribution is 6.39. The summed E-state index contributed by atoms with van der Waals surface area (Å²) in [4.78, 5) is 22.7. The zero-order valence-corrected chi connectivity index (χ0v) is 14.2. The highest BCUT2D eigenvalue weighted by atomic mass is 35.5. The van der Waals surface area contributed by atoms with Crippen LogP contribution in [0, 0.1) is 0 Å². The maximum atomic E-state index is 12.0. The van der Waals surface area contributed by atoms with Crippen LogP contribution < -0.4 is 5.11 Å². The molecule has 0 aromatic heterocycles. The topological polar surface area (TPSA) is 66.4 Å². The van der Waals surface area contributed by atoms with Crippen molar-refractivity contribution >= 4 is 40.7 Å². The third-order valence-electron chi connectivity index (χ3n) is 3.15. The monoisotopic (exact) mass is 363 g/mol. The first kappa shape index (κ1) is 18.0. The summed E-state index contributed by atoms with van der Waals surface area (Å²) in [5.41, 5.74) is 1.85. The van der Waals surface area contributed by atoms with Gasteiger partial charge in [-0.2, -0.15) is 0 Å². The van der Waals surface area contributed by atoms with Gasteiger partial charge in [-0.1, -0.05) is 59.3 Å². The molecule has 24 heavy (non-hydrogen) atoms. The van der Waals surface area contributed by atoms with E-state index in [1.54, 1.807) is 49.4 Å². The van der Waals surface area contributed by atoms with E-state index in [1.165, 1.54) is 0 Å².